The quantitative estimate of drug-likeness (QED) is 0.902. The molecule has 7 heteroatoms. The Morgan fingerprint density at radius 2 is 1.88 bits per heavy atom. The Morgan fingerprint density at radius 3 is 2.58 bits per heavy atom. The van der Waals surface area contributed by atoms with E-state index in [0.717, 1.165) is 25.4 Å². The Labute approximate surface area is 148 Å². The monoisotopic (exact) mass is 351 g/mol. The van der Waals surface area contributed by atoms with Crippen molar-refractivity contribution >= 4 is 29.1 Å². The summed E-state index contributed by atoms with van der Waals surface area (Å²) in [7, 11) is 0. The highest BCUT2D eigenvalue weighted by Crippen LogP contribution is 2.29. The number of carbonyl (C=O) groups excluding carboxylic acids is 1. The molecule has 1 saturated heterocycles. The number of rotatable bonds is 4. The van der Waals surface area contributed by atoms with Gasteiger partial charge in [0, 0.05) is 32.6 Å². The fraction of sp³-hybridized carbons (Fsp3) is 0.706. The van der Waals surface area contributed by atoms with E-state index in [1.807, 2.05) is 4.90 Å². The molecule has 1 aliphatic heterocycles. The Kier molecular flexibility index (Phi) is 5.76. The molecular weight excluding hydrogens is 326 g/mol. The largest absolute Gasteiger partial charge is 0.382 e. The van der Waals surface area contributed by atoms with E-state index in [4.69, 9.17) is 17.3 Å². The molecule has 0 spiro atoms. The maximum absolute atomic E-state index is 12.4. The molecule has 2 N–H and O–H groups in total. The van der Waals surface area contributed by atoms with E-state index in [1.165, 1.54) is 38.4 Å². The maximum atomic E-state index is 12.4. The molecule has 0 atom stereocenters. The number of hydrogen-bond acceptors (Lipinski definition) is 5. The number of nitrogen functional groups attached to an aromatic ring is 1. The van der Waals surface area contributed by atoms with Crippen molar-refractivity contribution < 1.29 is 4.79 Å². The zero-order valence-electron chi connectivity index (χ0n) is 14.1. The van der Waals surface area contributed by atoms with Gasteiger partial charge in [-0.25, -0.2) is 9.97 Å². The van der Waals surface area contributed by atoms with Crippen molar-refractivity contribution in [3.63, 3.8) is 0 Å². The van der Waals surface area contributed by atoms with Crippen LogP contribution in [0, 0.1) is 5.92 Å². The third kappa shape index (κ3) is 4.09. The topological polar surface area (TPSA) is 75.3 Å². The van der Waals surface area contributed by atoms with Gasteiger partial charge in [-0.1, -0.05) is 43.7 Å². The normalized spacial score (nSPS) is 19.5. The lowest BCUT2D eigenvalue weighted by molar-refractivity contribution is -0.131. The van der Waals surface area contributed by atoms with E-state index in [1.54, 1.807) is 0 Å². The van der Waals surface area contributed by atoms with Crippen molar-refractivity contribution in [3.05, 3.63) is 11.3 Å². The molecule has 1 saturated carbocycles. The first-order chi connectivity index (χ1) is 11.6. The zero-order valence-corrected chi connectivity index (χ0v) is 14.8. The van der Waals surface area contributed by atoms with Crippen molar-refractivity contribution in [2.45, 2.75) is 44.9 Å². The maximum Gasteiger partial charge on any atom is 0.222 e. The molecule has 2 fully saturated rings. The number of anilines is 2. The van der Waals surface area contributed by atoms with E-state index in [-0.39, 0.29) is 5.91 Å². The number of carbonyl (C=O) groups is 1. The van der Waals surface area contributed by atoms with Gasteiger partial charge in [-0.2, -0.15) is 0 Å². The summed E-state index contributed by atoms with van der Waals surface area (Å²) in [6.45, 7) is 2.88. The first-order valence-corrected chi connectivity index (χ1v) is 9.31. The highest BCUT2D eigenvalue weighted by molar-refractivity contribution is 6.35. The molecule has 1 aromatic rings. The summed E-state index contributed by atoms with van der Waals surface area (Å²) in [6, 6.07) is 0. The van der Waals surface area contributed by atoms with Crippen LogP contribution in [0.15, 0.2) is 6.33 Å². The molecule has 2 aliphatic rings. The van der Waals surface area contributed by atoms with E-state index < -0.39 is 0 Å². The Bertz CT molecular complexity index is 568. The van der Waals surface area contributed by atoms with Crippen LogP contribution in [0.1, 0.15) is 44.9 Å². The number of piperazine rings is 1. The first kappa shape index (κ1) is 17.3. The summed E-state index contributed by atoms with van der Waals surface area (Å²) in [6.07, 6.45) is 9.80. The highest BCUT2D eigenvalue weighted by atomic mass is 35.5. The molecule has 0 aromatic carbocycles. The summed E-state index contributed by atoms with van der Waals surface area (Å²) >= 11 is 6.19. The van der Waals surface area contributed by atoms with Crippen molar-refractivity contribution in [2.75, 3.05) is 36.8 Å². The lowest BCUT2D eigenvalue weighted by Crippen LogP contribution is -2.49. The number of hydrogen-bond donors (Lipinski definition) is 1. The fourth-order valence-electron chi connectivity index (χ4n) is 3.72. The van der Waals surface area contributed by atoms with Crippen LogP contribution >= 0.6 is 11.6 Å². The number of nitrogens with zero attached hydrogens (tertiary/aromatic N) is 4. The second-order valence-corrected chi connectivity index (χ2v) is 7.19. The predicted molar refractivity (Wildman–Crippen MR) is 96.1 cm³/mol. The van der Waals surface area contributed by atoms with Gasteiger partial charge in [0.2, 0.25) is 5.91 Å². The van der Waals surface area contributed by atoms with Crippen LogP contribution < -0.4 is 10.6 Å². The van der Waals surface area contributed by atoms with Gasteiger partial charge < -0.3 is 15.5 Å². The van der Waals surface area contributed by atoms with Crippen LogP contribution in [0.25, 0.3) is 0 Å². The van der Waals surface area contributed by atoms with E-state index >= 15 is 0 Å². The predicted octanol–water partition coefficient (Wildman–Crippen LogP) is 2.72. The summed E-state index contributed by atoms with van der Waals surface area (Å²) < 4.78 is 0. The molecule has 6 nitrogen and oxygen atoms in total. The van der Waals surface area contributed by atoms with Crippen LogP contribution in [0.3, 0.4) is 0 Å². The smallest absolute Gasteiger partial charge is 0.222 e. The zero-order chi connectivity index (χ0) is 16.9. The van der Waals surface area contributed by atoms with Crippen molar-refractivity contribution in [1.29, 1.82) is 0 Å². The number of aromatic nitrogens is 2. The van der Waals surface area contributed by atoms with Gasteiger partial charge in [0.05, 0.1) is 0 Å². The molecule has 1 amide bonds. The van der Waals surface area contributed by atoms with Gasteiger partial charge in [-0.3, -0.25) is 4.79 Å². The Hall–Kier alpha value is -1.56. The minimum absolute atomic E-state index is 0.286. The minimum atomic E-state index is 0.286. The Balaban J connectivity index is 1.47. The Morgan fingerprint density at radius 1 is 1.17 bits per heavy atom. The molecule has 24 heavy (non-hydrogen) atoms. The number of halogens is 1. The highest BCUT2D eigenvalue weighted by Gasteiger charge is 2.24. The SMILES string of the molecule is Nc1ncnc(N2CCN(C(=O)CCC3CCCCC3)CC2)c1Cl. The van der Waals surface area contributed by atoms with Crippen LogP contribution in [0.2, 0.25) is 5.02 Å². The molecule has 3 rings (SSSR count). The van der Waals surface area contributed by atoms with E-state index in [9.17, 15) is 4.79 Å². The van der Waals surface area contributed by atoms with Crippen molar-refractivity contribution in [1.82, 2.24) is 14.9 Å². The van der Waals surface area contributed by atoms with Crippen LogP contribution in [0.4, 0.5) is 11.6 Å². The number of nitrogens with two attached hydrogens (primary N) is 1. The fourth-order valence-corrected chi connectivity index (χ4v) is 3.94. The van der Waals surface area contributed by atoms with Gasteiger partial charge in [0.1, 0.15) is 17.2 Å². The molecular formula is C17H26ClN5O. The lowest BCUT2D eigenvalue weighted by Gasteiger charge is -2.36. The summed E-state index contributed by atoms with van der Waals surface area (Å²) in [5.74, 6) is 2.01. The second kappa shape index (κ2) is 8.01. The molecule has 0 bridgehead atoms. The van der Waals surface area contributed by atoms with E-state index in [2.05, 4.69) is 14.9 Å². The van der Waals surface area contributed by atoms with E-state index in [0.29, 0.717) is 36.2 Å². The van der Waals surface area contributed by atoms with Gasteiger partial charge >= 0.3 is 0 Å². The van der Waals surface area contributed by atoms with Gasteiger partial charge in [0.25, 0.3) is 0 Å². The second-order valence-electron chi connectivity index (χ2n) is 6.81. The van der Waals surface area contributed by atoms with Gasteiger partial charge in [-0.05, 0) is 12.3 Å². The third-order valence-electron chi connectivity index (χ3n) is 5.22. The average molecular weight is 352 g/mol. The molecule has 1 aromatic heterocycles. The molecule has 1 aliphatic carbocycles. The van der Waals surface area contributed by atoms with Crippen LogP contribution in [-0.2, 0) is 4.79 Å². The summed E-state index contributed by atoms with van der Waals surface area (Å²) in [5.41, 5.74) is 5.74. The average Bonchev–Trinajstić information content (AvgIpc) is 2.63. The minimum Gasteiger partial charge on any atom is -0.382 e. The molecule has 2 heterocycles. The van der Waals surface area contributed by atoms with Crippen molar-refractivity contribution in [3.8, 4) is 0 Å². The van der Waals surface area contributed by atoms with Gasteiger partial charge in [-0.15, -0.1) is 0 Å². The van der Waals surface area contributed by atoms with Crippen LogP contribution in [0.5, 0.6) is 0 Å². The molecule has 0 radical (unpaired) electrons. The summed E-state index contributed by atoms with van der Waals surface area (Å²) in [4.78, 5) is 24.6. The standard InChI is InChI=1S/C17H26ClN5O/c18-15-16(19)20-12-21-17(15)23-10-8-22(9-11-23)14(24)7-6-13-4-2-1-3-5-13/h12-13H,1-11H2,(H2,19,20,21). The first-order valence-electron chi connectivity index (χ1n) is 8.94. The number of amides is 1. The third-order valence-corrected chi connectivity index (χ3v) is 5.58. The van der Waals surface area contributed by atoms with Crippen LogP contribution in [-0.4, -0.2) is 47.0 Å². The summed E-state index contributed by atoms with van der Waals surface area (Å²) in [5, 5.41) is 0.398. The van der Waals surface area contributed by atoms with Crippen molar-refractivity contribution in [2.24, 2.45) is 5.92 Å². The van der Waals surface area contributed by atoms with Gasteiger partial charge in [0.15, 0.2) is 5.82 Å². The lowest BCUT2D eigenvalue weighted by atomic mass is 9.86. The molecule has 132 valence electrons. The molecule has 0 unspecified atom stereocenters.